The number of pyridine rings is 1. The molecule has 0 unspecified atom stereocenters. The summed E-state index contributed by atoms with van der Waals surface area (Å²) >= 11 is 1.45. The normalized spacial score (nSPS) is 16.7. The van der Waals surface area contributed by atoms with Crippen LogP contribution >= 0.6 is 11.3 Å². The third-order valence-corrected chi connectivity index (χ3v) is 6.70. The minimum Gasteiger partial charge on any atom is -0.490 e. The first-order chi connectivity index (χ1) is 14.9. The summed E-state index contributed by atoms with van der Waals surface area (Å²) in [5.41, 5.74) is 4.72. The number of rotatable bonds is 4. The molecule has 0 saturated heterocycles. The van der Waals surface area contributed by atoms with Gasteiger partial charge in [0.15, 0.2) is 5.13 Å². The molecule has 2 N–H and O–H groups in total. The van der Waals surface area contributed by atoms with Gasteiger partial charge in [-0.1, -0.05) is 17.4 Å². The number of ether oxygens (including phenoxy) is 1. The van der Waals surface area contributed by atoms with Crippen LogP contribution in [0.3, 0.4) is 0 Å². The fraction of sp³-hybridized carbons (Fsp3) is 0.348. The molecule has 5 rings (SSSR count). The van der Waals surface area contributed by atoms with Gasteiger partial charge in [0.1, 0.15) is 17.2 Å². The minimum atomic E-state index is -0.279. The van der Waals surface area contributed by atoms with Gasteiger partial charge in [-0.25, -0.2) is 4.98 Å². The zero-order chi connectivity index (χ0) is 21.6. The number of carbonyl (C=O) groups excluding carboxylic acids is 1. The molecule has 31 heavy (non-hydrogen) atoms. The van der Waals surface area contributed by atoms with Gasteiger partial charge >= 0.3 is 0 Å². The number of amides is 1. The monoisotopic (exact) mass is 435 g/mol. The van der Waals surface area contributed by atoms with Crippen LogP contribution in [0.2, 0.25) is 0 Å². The average Bonchev–Trinajstić information content (AvgIpc) is 3.15. The number of aryl methyl sites for hydroxylation is 1. The average molecular weight is 436 g/mol. The molecule has 4 heterocycles. The SMILES string of the molecule is Cc1cccnc1CNc1ccc2c(c1)N(c1nc3c(s1)C(=O)NC(C)(C)C3)CCO2. The Morgan fingerprint density at radius 1 is 1.32 bits per heavy atom. The van der Waals surface area contributed by atoms with Crippen molar-refractivity contribution in [2.45, 2.75) is 39.3 Å². The van der Waals surface area contributed by atoms with Crippen LogP contribution in [0.25, 0.3) is 0 Å². The molecule has 160 valence electrons. The van der Waals surface area contributed by atoms with E-state index in [1.807, 2.05) is 38.2 Å². The van der Waals surface area contributed by atoms with Crippen molar-refractivity contribution in [1.82, 2.24) is 15.3 Å². The van der Waals surface area contributed by atoms with Crippen molar-refractivity contribution in [2.75, 3.05) is 23.4 Å². The second-order valence-electron chi connectivity index (χ2n) is 8.59. The molecule has 1 aromatic carbocycles. The number of hydrogen-bond acceptors (Lipinski definition) is 7. The van der Waals surface area contributed by atoms with Crippen LogP contribution in [0.4, 0.5) is 16.5 Å². The maximum atomic E-state index is 12.5. The second kappa shape index (κ2) is 7.53. The van der Waals surface area contributed by atoms with Crippen LogP contribution in [0.1, 0.15) is 40.5 Å². The third kappa shape index (κ3) is 3.83. The lowest BCUT2D eigenvalue weighted by Crippen LogP contribution is -2.48. The van der Waals surface area contributed by atoms with Crippen LogP contribution in [0, 0.1) is 6.92 Å². The summed E-state index contributed by atoms with van der Waals surface area (Å²) < 4.78 is 5.88. The molecule has 0 aliphatic carbocycles. The highest BCUT2D eigenvalue weighted by Crippen LogP contribution is 2.41. The van der Waals surface area contributed by atoms with Gasteiger partial charge in [0.25, 0.3) is 5.91 Å². The lowest BCUT2D eigenvalue weighted by Gasteiger charge is -2.30. The molecular weight excluding hydrogens is 410 g/mol. The van der Waals surface area contributed by atoms with E-state index in [0.29, 0.717) is 24.6 Å². The van der Waals surface area contributed by atoms with E-state index in [9.17, 15) is 4.79 Å². The predicted molar refractivity (Wildman–Crippen MR) is 123 cm³/mol. The molecule has 2 aliphatic rings. The van der Waals surface area contributed by atoms with E-state index in [4.69, 9.17) is 9.72 Å². The van der Waals surface area contributed by atoms with E-state index < -0.39 is 0 Å². The first kappa shape index (κ1) is 19.8. The van der Waals surface area contributed by atoms with Gasteiger partial charge in [0.05, 0.1) is 30.2 Å². The number of carbonyl (C=O) groups is 1. The lowest BCUT2D eigenvalue weighted by molar-refractivity contribution is 0.0901. The summed E-state index contributed by atoms with van der Waals surface area (Å²) in [5.74, 6) is 0.786. The number of nitrogens with zero attached hydrogens (tertiary/aromatic N) is 3. The maximum absolute atomic E-state index is 12.5. The van der Waals surface area contributed by atoms with Crippen molar-refractivity contribution in [3.63, 3.8) is 0 Å². The zero-order valence-electron chi connectivity index (χ0n) is 17.9. The van der Waals surface area contributed by atoms with Gasteiger partial charge in [-0.3, -0.25) is 9.78 Å². The summed E-state index contributed by atoms with van der Waals surface area (Å²) in [6, 6.07) is 10.1. The summed E-state index contributed by atoms with van der Waals surface area (Å²) in [7, 11) is 0. The Morgan fingerprint density at radius 3 is 3.03 bits per heavy atom. The van der Waals surface area contributed by atoms with Crippen LogP contribution in [0.5, 0.6) is 5.75 Å². The highest BCUT2D eigenvalue weighted by molar-refractivity contribution is 7.17. The van der Waals surface area contributed by atoms with E-state index in [0.717, 1.165) is 45.6 Å². The molecule has 2 aliphatic heterocycles. The molecule has 0 spiro atoms. The molecule has 7 nitrogen and oxygen atoms in total. The minimum absolute atomic E-state index is 0.0374. The van der Waals surface area contributed by atoms with Crippen molar-refractivity contribution >= 4 is 33.8 Å². The molecule has 3 aromatic rings. The number of nitrogens with one attached hydrogen (secondary N) is 2. The van der Waals surface area contributed by atoms with Gasteiger partial charge in [0, 0.05) is 23.8 Å². The van der Waals surface area contributed by atoms with E-state index in [-0.39, 0.29) is 11.4 Å². The Labute approximate surface area is 185 Å². The zero-order valence-corrected chi connectivity index (χ0v) is 18.7. The number of anilines is 3. The van der Waals surface area contributed by atoms with Gasteiger partial charge in [-0.05, 0) is 50.6 Å². The van der Waals surface area contributed by atoms with Crippen molar-refractivity contribution in [1.29, 1.82) is 0 Å². The number of thiazole rings is 1. The van der Waals surface area contributed by atoms with Crippen molar-refractivity contribution < 1.29 is 9.53 Å². The summed E-state index contributed by atoms with van der Waals surface area (Å²) in [4.78, 5) is 24.7. The quantitative estimate of drug-likeness (QED) is 0.644. The molecule has 0 saturated carbocycles. The van der Waals surface area contributed by atoms with Crippen molar-refractivity contribution in [2.24, 2.45) is 0 Å². The number of aromatic nitrogens is 2. The standard InChI is InChI=1S/C23H25N5O2S/c1-14-5-4-8-24-17(14)13-25-15-6-7-19-18(11-15)28(9-10-30-19)22-26-16-12-23(2,3)27-21(29)20(16)31-22/h4-8,11,25H,9-10,12-13H2,1-3H3,(H,27,29). The summed E-state index contributed by atoms with van der Waals surface area (Å²) in [6.45, 7) is 8.03. The molecular formula is C23H25N5O2S. The lowest BCUT2D eigenvalue weighted by atomic mass is 9.94. The van der Waals surface area contributed by atoms with Crippen LogP contribution < -0.4 is 20.3 Å². The molecule has 0 atom stereocenters. The van der Waals surface area contributed by atoms with Crippen molar-refractivity contribution in [3.8, 4) is 5.75 Å². The Morgan fingerprint density at radius 2 is 2.19 bits per heavy atom. The van der Waals surface area contributed by atoms with E-state index >= 15 is 0 Å². The Balaban J connectivity index is 1.43. The number of hydrogen-bond donors (Lipinski definition) is 2. The Hall–Kier alpha value is -3.13. The Kier molecular flexibility index (Phi) is 4.81. The summed E-state index contributed by atoms with van der Waals surface area (Å²) in [6.07, 6.45) is 2.54. The van der Waals surface area contributed by atoms with Gasteiger partial charge in [0.2, 0.25) is 0 Å². The summed E-state index contributed by atoms with van der Waals surface area (Å²) in [5, 5.41) is 7.36. The van der Waals surface area contributed by atoms with Crippen LogP contribution in [-0.4, -0.2) is 34.6 Å². The smallest absolute Gasteiger partial charge is 0.263 e. The Bertz CT molecular complexity index is 1160. The molecule has 8 heteroatoms. The van der Waals surface area contributed by atoms with Gasteiger partial charge in [-0.2, -0.15) is 0 Å². The largest absolute Gasteiger partial charge is 0.490 e. The molecule has 1 amide bonds. The number of fused-ring (bicyclic) bond motifs is 2. The first-order valence-corrected chi connectivity index (χ1v) is 11.2. The topological polar surface area (TPSA) is 79.4 Å². The highest BCUT2D eigenvalue weighted by Gasteiger charge is 2.34. The first-order valence-electron chi connectivity index (χ1n) is 10.4. The third-order valence-electron chi connectivity index (χ3n) is 5.58. The fourth-order valence-electron chi connectivity index (χ4n) is 3.99. The van der Waals surface area contributed by atoms with Crippen molar-refractivity contribution in [3.05, 3.63) is 58.4 Å². The predicted octanol–water partition coefficient (Wildman–Crippen LogP) is 4.05. The highest BCUT2D eigenvalue weighted by atomic mass is 32.1. The van der Waals surface area contributed by atoms with E-state index in [2.05, 4.69) is 39.6 Å². The van der Waals surface area contributed by atoms with Gasteiger partial charge in [-0.15, -0.1) is 0 Å². The molecule has 2 aromatic heterocycles. The maximum Gasteiger partial charge on any atom is 0.263 e. The fourth-order valence-corrected chi connectivity index (χ4v) is 5.01. The number of benzene rings is 1. The van der Waals surface area contributed by atoms with E-state index in [1.165, 1.54) is 11.3 Å². The second-order valence-corrected chi connectivity index (χ2v) is 9.57. The van der Waals surface area contributed by atoms with E-state index in [1.54, 1.807) is 0 Å². The molecule has 0 radical (unpaired) electrons. The van der Waals surface area contributed by atoms with Crippen LogP contribution in [0.15, 0.2) is 36.5 Å². The molecule has 0 bridgehead atoms. The van der Waals surface area contributed by atoms with Gasteiger partial charge < -0.3 is 20.3 Å². The van der Waals surface area contributed by atoms with Crippen LogP contribution in [-0.2, 0) is 13.0 Å². The molecule has 0 fully saturated rings.